The standard InChI is InChI=1S/C16H20F2N2O4/c1-19(2)16(22)20-9-7-11(8-10-20)14(21)23-12-5-3-4-6-13(12)24-15(17)18/h3-6,11,15H,7-10H2,1-2H3. The summed E-state index contributed by atoms with van der Waals surface area (Å²) in [7, 11) is 3.34. The van der Waals surface area contributed by atoms with Crippen LogP contribution >= 0.6 is 0 Å². The molecular formula is C16H20F2N2O4. The Morgan fingerprint density at radius 2 is 1.75 bits per heavy atom. The third-order valence-corrected chi connectivity index (χ3v) is 3.76. The number of esters is 1. The Labute approximate surface area is 138 Å². The number of likely N-dealkylation sites (tertiary alicyclic amines) is 1. The number of urea groups is 1. The van der Waals surface area contributed by atoms with Crippen LogP contribution in [0.3, 0.4) is 0 Å². The lowest BCUT2D eigenvalue weighted by Gasteiger charge is -2.32. The molecule has 1 fully saturated rings. The first-order chi connectivity index (χ1) is 11.4. The van der Waals surface area contributed by atoms with Gasteiger partial charge in [-0.3, -0.25) is 4.79 Å². The molecule has 24 heavy (non-hydrogen) atoms. The van der Waals surface area contributed by atoms with E-state index in [1.807, 2.05) is 0 Å². The van der Waals surface area contributed by atoms with Gasteiger partial charge in [0.15, 0.2) is 11.5 Å². The summed E-state index contributed by atoms with van der Waals surface area (Å²) in [4.78, 5) is 27.2. The maximum Gasteiger partial charge on any atom is 0.387 e. The SMILES string of the molecule is CN(C)C(=O)N1CCC(C(=O)Oc2ccccc2OC(F)F)CC1. The molecule has 0 radical (unpaired) electrons. The lowest BCUT2D eigenvalue weighted by Crippen LogP contribution is -2.45. The third kappa shape index (κ3) is 4.56. The smallest absolute Gasteiger partial charge is 0.387 e. The molecule has 0 atom stereocenters. The summed E-state index contributed by atoms with van der Waals surface area (Å²) in [6.07, 6.45) is 0.937. The fraction of sp³-hybridized carbons (Fsp3) is 0.500. The second-order valence-electron chi connectivity index (χ2n) is 5.68. The largest absolute Gasteiger partial charge is 0.431 e. The average molecular weight is 342 g/mol. The number of halogens is 2. The van der Waals surface area contributed by atoms with Crippen LogP contribution in [0.4, 0.5) is 13.6 Å². The minimum atomic E-state index is -3.00. The highest BCUT2D eigenvalue weighted by Gasteiger charge is 2.29. The zero-order valence-corrected chi connectivity index (χ0v) is 13.6. The third-order valence-electron chi connectivity index (χ3n) is 3.76. The number of para-hydroxylation sites is 2. The van der Waals surface area contributed by atoms with Crippen LogP contribution in [-0.4, -0.2) is 55.6 Å². The summed E-state index contributed by atoms with van der Waals surface area (Å²) in [5.41, 5.74) is 0. The summed E-state index contributed by atoms with van der Waals surface area (Å²) in [5.74, 6) is -1.09. The van der Waals surface area contributed by atoms with E-state index in [9.17, 15) is 18.4 Å². The van der Waals surface area contributed by atoms with E-state index < -0.39 is 12.6 Å². The van der Waals surface area contributed by atoms with Gasteiger partial charge in [0.2, 0.25) is 0 Å². The van der Waals surface area contributed by atoms with Crippen molar-refractivity contribution in [1.82, 2.24) is 9.80 Å². The number of benzene rings is 1. The number of carbonyl (C=O) groups excluding carboxylic acids is 2. The van der Waals surface area contributed by atoms with Gasteiger partial charge >= 0.3 is 18.6 Å². The summed E-state index contributed by atoms with van der Waals surface area (Å²) in [6.45, 7) is -2.09. The first kappa shape index (κ1) is 18.0. The van der Waals surface area contributed by atoms with Crippen LogP contribution in [0.1, 0.15) is 12.8 Å². The van der Waals surface area contributed by atoms with E-state index in [2.05, 4.69) is 4.74 Å². The van der Waals surface area contributed by atoms with E-state index >= 15 is 0 Å². The number of rotatable bonds is 4. The number of nitrogens with zero attached hydrogens (tertiary/aromatic N) is 2. The quantitative estimate of drug-likeness (QED) is 0.623. The molecule has 0 aromatic heterocycles. The van der Waals surface area contributed by atoms with Gasteiger partial charge in [0.05, 0.1) is 5.92 Å². The summed E-state index contributed by atoms with van der Waals surface area (Å²) < 4.78 is 34.3. The van der Waals surface area contributed by atoms with Crippen LogP contribution in [0.15, 0.2) is 24.3 Å². The van der Waals surface area contributed by atoms with E-state index in [1.54, 1.807) is 25.1 Å². The normalized spacial score (nSPS) is 15.3. The highest BCUT2D eigenvalue weighted by molar-refractivity contribution is 5.77. The number of ether oxygens (including phenoxy) is 2. The molecule has 1 saturated heterocycles. The average Bonchev–Trinajstić information content (AvgIpc) is 2.55. The van der Waals surface area contributed by atoms with Crippen molar-refractivity contribution in [2.45, 2.75) is 19.5 Å². The van der Waals surface area contributed by atoms with Gasteiger partial charge in [-0.25, -0.2) is 4.79 Å². The fourth-order valence-corrected chi connectivity index (χ4v) is 2.51. The molecular weight excluding hydrogens is 322 g/mol. The lowest BCUT2D eigenvalue weighted by molar-refractivity contribution is -0.140. The molecule has 0 aliphatic carbocycles. The minimum absolute atomic E-state index is 0.0328. The number of hydrogen-bond acceptors (Lipinski definition) is 4. The fourth-order valence-electron chi connectivity index (χ4n) is 2.51. The van der Waals surface area contributed by atoms with Gasteiger partial charge < -0.3 is 19.3 Å². The Bertz CT molecular complexity index is 587. The van der Waals surface area contributed by atoms with Crippen molar-refractivity contribution in [3.05, 3.63) is 24.3 Å². The highest BCUT2D eigenvalue weighted by Crippen LogP contribution is 2.30. The van der Waals surface area contributed by atoms with Crippen molar-refractivity contribution in [3.63, 3.8) is 0 Å². The summed E-state index contributed by atoms with van der Waals surface area (Å²) >= 11 is 0. The molecule has 1 aliphatic heterocycles. The molecule has 2 amide bonds. The number of amides is 2. The van der Waals surface area contributed by atoms with E-state index in [0.29, 0.717) is 25.9 Å². The monoisotopic (exact) mass is 342 g/mol. The second-order valence-corrected chi connectivity index (χ2v) is 5.68. The zero-order chi connectivity index (χ0) is 17.7. The molecule has 1 aliphatic rings. The van der Waals surface area contributed by atoms with Crippen LogP contribution in [0.25, 0.3) is 0 Å². The van der Waals surface area contributed by atoms with Crippen molar-refractivity contribution >= 4 is 12.0 Å². The highest BCUT2D eigenvalue weighted by atomic mass is 19.3. The maximum absolute atomic E-state index is 12.4. The molecule has 0 spiro atoms. The number of hydrogen-bond donors (Lipinski definition) is 0. The van der Waals surface area contributed by atoms with Gasteiger partial charge in [0.25, 0.3) is 0 Å². The van der Waals surface area contributed by atoms with Gasteiger partial charge in [-0.05, 0) is 25.0 Å². The number of alkyl halides is 2. The molecule has 1 aromatic rings. The molecule has 8 heteroatoms. The van der Waals surface area contributed by atoms with Gasteiger partial charge in [-0.1, -0.05) is 12.1 Å². The first-order valence-electron chi connectivity index (χ1n) is 7.60. The number of carbonyl (C=O) groups is 2. The Morgan fingerprint density at radius 1 is 1.17 bits per heavy atom. The molecule has 0 unspecified atom stereocenters. The minimum Gasteiger partial charge on any atom is -0.431 e. The molecule has 132 valence electrons. The molecule has 0 bridgehead atoms. The Balaban J connectivity index is 1.94. The van der Waals surface area contributed by atoms with E-state index in [1.165, 1.54) is 23.1 Å². The van der Waals surface area contributed by atoms with Crippen LogP contribution < -0.4 is 9.47 Å². The van der Waals surface area contributed by atoms with Crippen LogP contribution in [0.2, 0.25) is 0 Å². The van der Waals surface area contributed by atoms with Crippen molar-refractivity contribution in [1.29, 1.82) is 0 Å². The molecule has 1 aromatic carbocycles. The van der Waals surface area contributed by atoms with Gasteiger partial charge in [-0.2, -0.15) is 8.78 Å². The van der Waals surface area contributed by atoms with Gasteiger partial charge in [-0.15, -0.1) is 0 Å². The molecule has 1 heterocycles. The predicted octanol–water partition coefficient (Wildman–Crippen LogP) is 2.59. The topological polar surface area (TPSA) is 59.1 Å². The molecule has 2 rings (SSSR count). The van der Waals surface area contributed by atoms with Crippen LogP contribution in [-0.2, 0) is 4.79 Å². The molecule has 0 saturated carbocycles. The molecule has 0 N–H and O–H groups in total. The summed E-state index contributed by atoms with van der Waals surface area (Å²) in [6, 6.07) is 5.70. The first-order valence-corrected chi connectivity index (χ1v) is 7.60. The predicted molar refractivity (Wildman–Crippen MR) is 82.1 cm³/mol. The van der Waals surface area contributed by atoms with Crippen molar-refractivity contribution < 1.29 is 27.8 Å². The van der Waals surface area contributed by atoms with E-state index in [0.717, 1.165) is 0 Å². The second kappa shape index (κ2) is 7.94. The number of piperidine rings is 1. The van der Waals surface area contributed by atoms with E-state index in [-0.39, 0.29) is 23.4 Å². The van der Waals surface area contributed by atoms with Crippen molar-refractivity contribution in [3.8, 4) is 11.5 Å². The van der Waals surface area contributed by atoms with Crippen LogP contribution in [0, 0.1) is 5.92 Å². The Hall–Kier alpha value is -2.38. The Morgan fingerprint density at radius 3 is 2.29 bits per heavy atom. The van der Waals surface area contributed by atoms with E-state index in [4.69, 9.17) is 4.74 Å². The zero-order valence-electron chi connectivity index (χ0n) is 13.6. The van der Waals surface area contributed by atoms with Gasteiger partial charge in [0, 0.05) is 27.2 Å². The Kier molecular flexibility index (Phi) is 5.94. The molecule has 6 nitrogen and oxygen atoms in total. The lowest BCUT2D eigenvalue weighted by atomic mass is 9.97. The summed E-state index contributed by atoms with van der Waals surface area (Å²) in [5, 5.41) is 0. The van der Waals surface area contributed by atoms with Gasteiger partial charge in [0.1, 0.15) is 0 Å². The van der Waals surface area contributed by atoms with Crippen LogP contribution in [0.5, 0.6) is 11.5 Å². The maximum atomic E-state index is 12.4. The van der Waals surface area contributed by atoms with Crippen molar-refractivity contribution in [2.24, 2.45) is 5.92 Å². The van der Waals surface area contributed by atoms with Crippen molar-refractivity contribution in [2.75, 3.05) is 27.2 Å².